The van der Waals surface area contributed by atoms with Gasteiger partial charge in [0, 0.05) is 23.1 Å². The Kier molecular flexibility index (Phi) is 9.67. The smallest absolute Gasteiger partial charge is 0.355 e. The van der Waals surface area contributed by atoms with Crippen molar-refractivity contribution in [3.63, 3.8) is 0 Å². The average Bonchev–Trinajstić information content (AvgIpc) is 3.28. The quantitative estimate of drug-likeness (QED) is 0.109. The van der Waals surface area contributed by atoms with Gasteiger partial charge >= 0.3 is 5.97 Å². The lowest BCUT2D eigenvalue weighted by Gasteiger charge is -2.16. The number of aromatic nitrogens is 1. The number of carbonyl (C=O) groups excluding carboxylic acids is 1. The molecule has 4 aromatic rings. The van der Waals surface area contributed by atoms with Crippen LogP contribution in [0, 0.1) is 27.7 Å². The number of carbonyl (C=O) groups is 1. The summed E-state index contributed by atoms with van der Waals surface area (Å²) in [5.74, 6) is 1.11. The van der Waals surface area contributed by atoms with E-state index in [-0.39, 0.29) is 13.4 Å². The summed E-state index contributed by atoms with van der Waals surface area (Å²) in [5.41, 5.74) is 7.90. The number of hydrogen-bond donors (Lipinski definition) is 1. The summed E-state index contributed by atoms with van der Waals surface area (Å²) in [6.07, 6.45) is 1.31. The summed E-state index contributed by atoms with van der Waals surface area (Å²) < 4.78 is 22.2. The van der Waals surface area contributed by atoms with Gasteiger partial charge in [-0.15, -0.1) is 0 Å². The van der Waals surface area contributed by atoms with Crippen molar-refractivity contribution in [2.45, 2.75) is 47.5 Å². The first-order chi connectivity index (χ1) is 19.2. The van der Waals surface area contributed by atoms with Gasteiger partial charge in [0.1, 0.15) is 17.2 Å². The first-order valence-electron chi connectivity index (χ1n) is 13.3. The summed E-state index contributed by atoms with van der Waals surface area (Å²) in [5, 5.41) is 2.27. The van der Waals surface area contributed by atoms with Crippen LogP contribution in [0.5, 0.6) is 11.5 Å². The van der Waals surface area contributed by atoms with E-state index in [1.54, 1.807) is 14.0 Å². The highest BCUT2D eigenvalue weighted by atomic mass is 35.5. The maximum atomic E-state index is 13.0. The molecule has 0 amide bonds. The molecule has 0 aliphatic carbocycles. The molecule has 0 saturated carbocycles. The zero-order valence-electron chi connectivity index (χ0n) is 23.8. The predicted octanol–water partition coefficient (Wildman–Crippen LogP) is 8.55. The molecule has 0 aliphatic heterocycles. The maximum absolute atomic E-state index is 13.0. The molecule has 0 radical (unpaired) electrons. The number of aromatic amines is 1. The van der Waals surface area contributed by atoms with Gasteiger partial charge in [0.05, 0.1) is 23.8 Å². The van der Waals surface area contributed by atoms with Crippen LogP contribution in [0.25, 0.3) is 22.0 Å². The second kappa shape index (κ2) is 13.0. The molecule has 212 valence electrons. The molecule has 6 nitrogen and oxygen atoms in total. The van der Waals surface area contributed by atoms with E-state index in [2.05, 4.69) is 4.98 Å². The normalized spacial score (nSPS) is 11.2. The Morgan fingerprint density at radius 2 is 1.50 bits per heavy atom. The van der Waals surface area contributed by atoms with Crippen LogP contribution in [0.2, 0.25) is 10.0 Å². The van der Waals surface area contributed by atoms with Gasteiger partial charge in [0.15, 0.2) is 6.79 Å². The van der Waals surface area contributed by atoms with E-state index in [1.165, 1.54) is 0 Å². The zero-order chi connectivity index (χ0) is 29.0. The van der Waals surface area contributed by atoms with Crippen LogP contribution >= 0.6 is 23.2 Å². The Morgan fingerprint density at radius 1 is 0.875 bits per heavy atom. The van der Waals surface area contributed by atoms with Gasteiger partial charge in [-0.1, -0.05) is 29.3 Å². The van der Waals surface area contributed by atoms with Gasteiger partial charge < -0.3 is 23.9 Å². The minimum absolute atomic E-state index is 0.165. The number of halogens is 2. The summed E-state index contributed by atoms with van der Waals surface area (Å²) in [6, 6.07) is 11.7. The first kappa shape index (κ1) is 29.8. The number of nitrogens with one attached hydrogen (secondary N) is 1. The molecule has 0 fully saturated rings. The lowest BCUT2D eigenvalue weighted by atomic mass is 9.93. The number of aryl methyl sites for hydroxylation is 5. The summed E-state index contributed by atoms with van der Waals surface area (Å²) in [4.78, 5) is 16.4. The molecule has 1 aromatic heterocycles. The van der Waals surface area contributed by atoms with E-state index in [0.717, 1.165) is 60.6 Å². The van der Waals surface area contributed by atoms with Crippen LogP contribution in [0.1, 0.15) is 51.7 Å². The van der Waals surface area contributed by atoms with Crippen molar-refractivity contribution >= 4 is 40.1 Å². The minimum Gasteiger partial charge on any atom is -0.494 e. The lowest BCUT2D eigenvalue weighted by Crippen LogP contribution is -2.09. The van der Waals surface area contributed by atoms with E-state index >= 15 is 0 Å². The Bertz CT molecular complexity index is 1500. The molecule has 0 spiro atoms. The van der Waals surface area contributed by atoms with Gasteiger partial charge in [-0.25, -0.2) is 4.79 Å². The SMILES string of the molecule is CCOC(=O)c1[nH]c2c(-c3c(C)cc(OCOC)cc3C)c(Cl)ccc2c1CCCOc1cc(C)c(Cl)c(C)c1. The average molecular weight is 585 g/mol. The molecule has 0 unspecified atom stereocenters. The number of methoxy groups -OCH3 is 1. The Hall–Kier alpha value is -3.19. The molecule has 0 atom stereocenters. The fraction of sp³-hybridized carbons (Fsp3) is 0.344. The highest BCUT2D eigenvalue weighted by Gasteiger charge is 2.23. The first-order valence-corrected chi connectivity index (χ1v) is 14.0. The zero-order valence-corrected chi connectivity index (χ0v) is 25.3. The van der Waals surface area contributed by atoms with Crippen LogP contribution in [0.3, 0.4) is 0 Å². The topological polar surface area (TPSA) is 69.8 Å². The summed E-state index contributed by atoms with van der Waals surface area (Å²) in [6.45, 7) is 10.7. The van der Waals surface area contributed by atoms with Gasteiger partial charge in [-0.2, -0.15) is 0 Å². The largest absolute Gasteiger partial charge is 0.494 e. The van der Waals surface area contributed by atoms with E-state index in [9.17, 15) is 4.79 Å². The van der Waals surface area contributed by atoms with Gasteiger partial charge in [-0.3, -0.25) is 0 Å². The highest BCUT2D eigenvalue weighted by molar-refractivity contribution is 6.35. The van der Waals surface area contributed by atoms with Crippen molar-refractivity contribution in [2.24, 2.45) is 0 Å². The molecule has 40 heavy (non-hydrogen) atoms. The third-order valence-electron chi connectivity index (χ3n) is 6.86. The number of hydrogen-bond acceptors (Lipinski definition) is 5. The van der Waals surface area contributed by atoms with E-state index < -0.39 is 5.97 Å². The Labute approximate surface area is 245 Å². The van der Waals surface area contributed by atoms with Crippen molar-refractivity contribution in [2.75, 3.05) is 27.1 Å². The third kappa shape index (κ3) is 6.25. The predicted molar refractivity (Wildman–Crippen MR) is 161 cm³/mol. The second-order valence-electron chi connectivity index (χ2n) is 9.85. The number of rotatable bonds is 11. The number of esters is 1. The molecule has 4 rings (SSSR count). The second-order valence-corrected chi connectivity index (χ2v) is 10.6. The van der Waals surface area contributed by atoms with E-state index in [4.69, 9.17) is 42.1 Å². The lowest BCUT2D eigenvalue weighted by molar-refractivity contribution is 0.0509. The number of H-pyrrole nitrogens is 1. The van der Waals surface area contributed by atoms with Crippen molar-refractivity contribution in [3.05, 3.63) is 80.0 Å². The third-order valence-corrected chi connectivity index (χ3v) is 7.77. The maximum Gasteiger partial charge on any atom is 0.355 e. The number of ether oxygens (including phenoxy) is 4. The monoisotopic (exact) mass is 583 g/mol. The minimum atomic E-state index is -0.391. The van der Waals surface area contributed by atoms with Crippen molar-refractivity contribution in [3.8, 4) is 22.6 Å². The molecule has 1 N–H and O–H groups in total. The highest BCUT2D eigenvalue weighted by Crippen LogP contribution is 2.41. The summed E-state index contributed by atoms with van der Waals surface area (Å²) >= 11 is 13.1. The molecular weight excluding hydrogens is 549 g/mol. The van der Waals surface area contributed by atoms with Gasteiger partial charge in [0.2, 0.25) is 0 Å². The van der Waals surface area contributed by atoms with Crippen molar-refractivity contribution in [1.82, 2.24) is 4.98 Å². The Morgan fingerprint density at radius 3 is 2.12 bits per heavy atom. The molecule has 1 heterocycles. The number of fused-ring (bicyclic) bond motifs is 1. The van der Waals surface area contributed by atoms with Crippen LogP contribution in [-0.4, -0.2) is 38.1 Å². The van der Waals surface area contributed by atoms with Crippen LogP contribution in [0.15, 0.2) is 36.4 Å². The van der Waals surface area contributed by atoms with E-state index in [1.807, 2.05) is 64.1 Å². The fourth-order valence-electron chi connectivity index (χ4n) is 5.13. The summed E-state index contributed by atoms with van der Waals surface area (Å²) in [7, 11) is 1.59. The van der Waals surface area contributed by atoms with Crippen molar-refractivity contribution < 1.29 is 23.7 Å². The number of benzene rings is 3. The van der Waals surface area contributed by atoms with Crippen LogP contribution in [0.4, 0.5) is 0 Å². The van der Waals surface area contributed by atoms with Crippen molar-refractivity contribution in [1.29, 1.82) is 0 Å². The molecule has 0 bridgehead atoms. The van der Waals surface area contributed by atoms with E-state index in [0.29, 0.717) is 35.9 Å². The van der Waals surface area contributed by atoms with Crippen LogP contribution in [-0.2, 0) is 15.9 Å². The molecule has 0 saturated heterocycles. The fourth-order valence-corrected chi connectivity index (χ4v) is 5.49. The standard InChI is InChI=1S/C32H35Cl2NO5/c1-7-38-32(36)31-24(9-8-12-39-22-15-20(4)29(34)21(5)16-22)25-10-11-26(33)28(30(25)35-31)27-18(2)13-23(14-19(27)3)40-17-37-6/h10-11,13-16,35H,7-9,12,17H2,1-6H3. The Balaban J connectivity index is 1.71. The van der Waals surface area contributed by atoms with Gasteiger partial charge in [0.25, 0.3) is 0 Å². The molecule has 3 aromatic carbocycles. The van der Waals surface area contributed by atoms with Crippen LogP contribution < -0.4 is 9.47 Å². The molecule has 0 aliphatic rings. The van der Waals surface area contributed by atoms with Gasteiger partial charge in [-0.05, 0) is 111 Å². The molecule has 8 heteroatoms. The molecular formula is C32H35Cl2NO5.